The summed E-state index contributed by atoms with van der Waals surface area (Å²) in [6.45, 7) is 1.35. The van der Waals surface area contributed by atoms with Crippen molar-refractivity contribution in [1.82, 2.24) is 0 Å². The Morgan fingerprint density at radius 1 is 1.64 bits per heavy atom. The van der Waals surface area contributed by atoms with Crippen molar-refractivity contribution in [3.63, 3.8) is 0 Å². The van der Waals surface area contributed by atoms with Gasteiger partial charge in [-0.05, 0) is 30.7 Å². The Bertz CT molecular complexity index is 350. The van der Waals surface area contributed by atoms with E-state index in [1.807, 2.05) is 0 Å². The van der Waals surface area contributed by atoms with E-state index in [1.54, 1.807) is 12.1 Å². The summed E-state index contributed by atoms with van der Waals surface area (Å²) in [6, 6.07) is 4.40. The maximum absolute atomic E-state index is 13.2. The zero-order valence-electron chi connectivity index (χ0n) is 7.63. The van der Waals surface area contributed by atoms with E-state index >= 15 is 0 Å². The Morgan fingerprint density at radius 2 is 2.29 bits per heavy atom. The number of rotatable bonds is 3. The lowest BCUT2D eigenvalue weighted by Gasteiger charge is -2.15. The lowest BCUT2D eigenvalue weighted by Crippen LogP contribution is -2.29. The van der Waals surface area contributed by atoms with Crippen LogP contribution in [0.5, 0.6) is 0 Å². The first-order valence-corrected chi connectivity index (χ1v) is 4.86. The van der Waals surface area contributed by atoms with Gasteiger partial charge in [0.15, 0.2) is 6.29 Å². The van der Waals surface area contributed by atoms with Crippen LogP contribution < -0.4 is 0 Å². The molecule has 0 aliphatic carbocycles. The predicted molar refractivity (Wildman–Crippen MR) is 54.5 cm³/mol. The number of aldehydes is 1. The SMILES string of the molecule is CC(O)(C=O)Cc1cc(Br)ccc1F. The van der Waals surface area contributed by atoms with Crippen molar-refractivity contribution in [2.24, 2.45) is 0 Å². The molecule has 2 nitrogen and oxygen atoms in total. The van der Waals surface area contributed by atoms with Crippen molar-refractivity contribution in [1.29, 1.82) is 0 Å². The first kappa shape index (κ1) is 11.3. The molecule has 1 aromatic rings. The van der Waals surface area contributed by atoms with E-state index in [1.165, 1.54) is 13.0 Å². The molecule has 0 radical (unpaired) electrons. The van der Waals surface area contributed by atoms with E-state index in [0.29, 0.717) is 11.8 Å². The number of benzene rings is 1. The van der Waals surface area contributed by atoms with Gasteiger partial charge in [-0.1, -0.05) is 15.9 Å². The Kier molecular flexibility index (Phi) is 3.39. The summed E-state index contributed by atoms with van der Waals surface area (Å²) >= 11 is 3.19. The Balaban J connectivity index is 2.96. The highest BCUT2D eigenvalue weighted by molar-refractivity contribution is 9.10. The smallest absolute Gasteiger partial charge is 0.151 e. The van der Waals surface area contributed by atoms with E-state index in [4.69, 9.17) is 0 Å². The average molecular weight is 261 g/mol. The lowest BCUT2D eigenvalue weighted by molar-refractivity contribution is -0.122. The summed E-state index contributed by atoms with van der Waals surface area (Å²) in [5, 5.41) is 9.44. The second kappa shape index (κ2) is 4.19. The molecule has 76 valence electrons. The van der Waals surface area contributed by atoms with Gasteiger partial charge in [0.2, 0.25) is 0 Å². The maximum Gasteiger partial charge on any atom is 0.151 e. The highest BCUT2D eigenvalue weighted by atomic mass is 79.9. The van der Waals surface area contributed by atoms with Crippen molar-refractivity contribution in [2.45, 2.75) is 18.9 Å². The summed E-state index contributed by atoms with van der Waals surface area (Å²) in [5.74, 6) is -0.421. The third kappa shape index (κ3) is 2.89. The molecule has 1 rings (SSSR count). The molecule has 1 atom stereocenters. The molecule has 0 saturated carbocycles. The molecular formula is C10H10BrFO2. The van der Waals surface area contributed by atoms with Crippen LogP contribution in [0, 0.1) is 5.82 Å². The fourth-order valence-corrected chi connectivity index (χ4v) is 1.51. The number of hydrogen-bond acceptors (Lipinski definition) is 2. The molecule has 0 heterocycles. The van der Waals surface area contributed by atoms with Gasteiger partial charge in [0.1, 0.15) is 11.4 Å². The standard InChI is InChI=1S/C10H10BrFO2/c1-10(14,6-13)5-7-4-8(11)2-3-9(7)12/h2-4,6,14H,5H2,1H3. The van der Waals surface area contributed by atoms with Crippen LogP contribution >= 0.6 is 15.9 Å². The molecule has 0 spiro atoms. The van der Waals surface area contributed by atoms with Crippen LogP contribution in [-0.4, -0.2) is 17.0 Å². The minimum absolute atomic E-state index is 0.0260. The zero-order valence-corrected chi connectivity index (χ0v) is 9.21. The van der Waals surface area contributed by atoms with Gasteiger partial charge in [-0.15, -0.1) is 0 Å². The molecule has 0 fully saturated rings. The molecule has 1 unspecified atom stereocenters. The van der Waals surface area contributed by atoms with Gasteiger partial charge >= 0.3 is 0 Å². The molecule has 14 heavy (non-hydrogen) atoms. The zero-order chi connectivity index (χ0) is 10.8. The number of aliphatic hydroxyl groups is 1. The van der Waals surface area contributed by atoms with Gasteiger partial charge in [-0.25, -0.2) is 4.39 Å². The molecule has 0 amide bonds. The second-order valence-electron chi connectivity index (χ2n) is 3.39. The van der Waals surface area contributed by atoms with Crippen LogP contribution in [-0.2, 0) is 11.2 Å². The predicted octanol–water partition coefficient (Wildman–Crippen LogP) is 2.08. The molecule has 0 aromatic heterocycles. The van der Waals surface area contributed by atoms with Crippen molar-refractivity contribution >= 4 is 22.2 Å². The van der Waals surface area contributed by atoms with Crippen LogP contribution in [0.25, 0.3) is 0 Å². The fraction of sp³-hybridized carbons (Fsp3) is 0.300. The monoisotopic (exact) mass is 260 g/mol. The summed E-state index contributed by atoms with van der Waals surface area (Å²) in [5.41, 5.74) is -1.20. The maximum atomic E-state index is 13.2. The van der Waals surface area contributed by atoms with Gasteiger partial charge in [-0.2, -0.15) is 0 Å². The van der Waals surface area contributed by atoms with Crippen LogP contribution in [0.15, 0.2) is 22.7 Å². The first-order chi connectivity index (χ1) is 6.44. The van der Waals surface area contributed by atoms with Gasteiger partial charge in [0, 0.05) is 10.9 Å². The quantitative estimate of drug-likeness (QED) is 0.846. The van der Waals surface area contributed by atoms with Gasteiger partial charge in [-0.3, -0.25) is 0 Å². The minimum atomic E-state index is -1.51. The van der Waals surface area contributed by atoms with Crippen LogP contribution in [0.2, 0.25) is 0 Å². The molecule has 0 aliphatic heterocycles. The van der Waals surface area contributed by atoms with E-state index < -0.39 is 11.4 Å². The van der Waals surface area contributed by atoms with Gasteiger partial charge in [0.25, 0.3) is 0 Å². The summed E-state index contributed by atoms with van der Waals surface area (Å²) in [7, 11) is 0. The van der Waals surface area contributed by atoms with Gasteiger partial charge < -0.3 is 9.90 Å². The van der Waals surface area contributed by atoms with Gasteiger partial charge in [0.05, 0.1) is 0 Å². The minimum Gasteiger partial charge on any atom is -0.382 e. The number of carbonyl (C=O) groups is 1. The lowest BCUT2D eigenvalue weighted by atomic mass is 9.98. The molecule has 0 aliphatic rings. The molecule has 1 N–H and O–H groups in total. The third-order valence-corrected chi connectivity index (χ3v) is 2.30. The van der Waals surface area contributed by atoms with Crippen LogP contribution in [0.3, 0.4) is 0 Å². The highest BCUT2D eigenvalue weighted by Crippen LogP contribution is 2.19. The fourth-order valence-electron chi connectivity index (χ4n) is 1.11. The second-order valence-corrected chi connectivity index (χ2v) is 4.30. The largest absolute Gasteiger partial charge is 0.382 e. The summed E-state index contributed by atoms with van der Waals surface area (Å²) in [4.78, 5) is 10.4. The summed E-state index contributed by atoms with van der Waals surface area (Å²) < 4.78 is 13.9. The summed E-state index contributed by atoms with van der Waals surface area (Å²) in [6.07, 6.45) is 0.384. The highest BCUT2D eigenvalue weighted by Gasteiger charge is 2.21. The van der Waals surface area contributed by atoms with Crippen molar-refractivity contribution < 1.29 is 14.3 Å². The molecule has 1 aromatic carbocycles. The molecule has 0 bridgehead atoms. The van der Waals surface area contributed by atoms with Crippen molar-refractivity contribution in [3.8, 4) is 0 Å². The van der Waals surface area contributed by atoms with E-state index in [-0.39, 0.29) is 6.42 Å². The first-order valence-electron chi connectivity index (χ1n) is 4.07. The number of carbonyl (C=O) groups excluding carboxylic acids is 1. The Hall–Kier alpha value is -0.740. The van der Waals surface area contributed by atoms with E-state index in [0.717, 1.165) is 4.47 Å². The third-order valence-electron chi connectivity index (χ3n) is 1.81. The number of halogens is 2. The topological polar surface area (TPSA) is 37.3 Å². The number of hydrogen-bond donors (Lipinski definition) is 1. The molecule has 4 heteroatoms. The van der Waals surface area contributed by atoms with Crippen molar-refractivity contribution in [2.75, 3.05) is 0 Å². The molecule has 0 saturated heterocycles. The average Bonchev–Trinajstić information content (AvgIpc) is 2.11. The Morgan fingerprint density at radius 3 is 2.86 bits per heavy atom. The van der Waals surface area contributed by atoms with Crippen LogP contribution in [0.4, 0.5) is 4.39 Å². The normalized spacial score (nSPS) is 14.9. The van der Waals surface area contributed by atoms with Crippen LogP contribution in [0.1, 0.15) is 12.5 Å². The van der Waals surface area contributed by atoms with Crippen molar-refractivity contribution in [3.05, 3.63) is 34.1 Å². The Labute approximate surface area is 89.9 Å². The molecular weight excluding hydrogens is 251 g/mol. The van der Waals surface area contributed by atoms with E-state index in [9.17, 15) is 14.3 Å². The van der Waals surface area contributed by atoms with E-state index in [2.05, 4.69) is 15.9 Å².